The molecule has 1 unspecified atom stereocenters. The summed E-state index contributed by atoms with van der Waals surface area (Å²) in [7, 11) is 0. The van der Waals surface area contributed by atoms with Crippen LogP contribution in [-0.2, 0) is 9.59 Å². The lowest BCUT2D eigenvalue weighted by Crippen LogP contribution is -2.65. The van der Waals surface area contributed by atoms with E-state index in [0.717, 1.165) is 37.8 Å². The van der Waals surface area contributed by atoms with Gasteiger partial charge in [0.05, 0.1) is 24.6 Å². The van der Waals surface area contributed by atoms with Crippen LogP contribution in [0.1, 0.15) is 62.2 Å². The Labute approximate surface area is 191 Å². The van der Waals surface area contributed by atoms with Gasteiger partial charge in [0.2, 0.25) is 6.41 Å². The van der Waals surface area contributed by atoms with Crippen LogP contribution < -0.4 is 5.32 Å². The summed E-state index contributed by atoms with van der Waals surface area (Å²) in [5.74, 6) is -4.02. The van der Waals surface area contributed by atoms with Crippen molar-refractivity contribution in [1.29, 1.82) is 0 Å². The first kappa shape index (κ1) is 24.9. The van der Waals surface area contributed by atoms with Crippen molar-refractivity contribution < 1.29 is 37.6 Å². The molecule has 0 aromatic heterocycles. The van der Waals surface area contributed by atoms with E-state index >= 15 is 0 Å². The Kier molecular flexibility index (Phi) is 7.91. The van der Waals surface area contributed by atoms with E-state index in [0.29, 0.717) is 30.4 Å². The Bertz CT molecular complexity index is 921. The Balaban J connectivity index is 1.88. The highest BCUT2D eigenvalue weighted by Gasteiger charge is 2.55. The van der Waals surface area contributed by atoms with Gasteiger partial charge in [-0.25, -0.2) is 28.7 Å². The van der Waals surface area contributed by atoms with Crippen molar-refractivity contribution in [2.75, 3.05) is 13.1 Å². The molecule has 1 heterocycles. The number of imide groups is 2. The topological polar surface area (TPSA) is 104 Å². The Hall–Kier alpha value is -2.72. The average molecular weight is 467 g/mol. The van der Waals surface area contributed by atoms with Gasteiger partial charge in [-0.2, -0.15) is 4.48 Å². The minimum atomic E-state index is -1.13. The standard InChI is InChI=1S/C23H29F2N3O5/c1-15-5-4-10-28(15,23(32)26-21(30)19-12-18(24)8-9-20(19)25)22(31)17(13-27(33)14-29)11-16-6-2-3-7-16/h8-9,12,14-17,33H,2-7,10-11,13H2,1H3/p+1/t15-,17-,28?/m1/s1. The van der Waals surface area contributed by atoms with E-state index in [1.54, 1.807) is 6.92 Å². The molecule has 0 bridgehead atoms. The molecule has 2 aliphatic rings. The van der Waals surface area contributed by atoms with Crippen molar-refractivity contribution in [2.45, 2.75) is 57.9 Å². The first-order valence-corrected chi connectivity index (χ1v) is 11.3. The second kappa shape index (κ2) is 10.5. The number of rotatable bonds is 7. The number of hydrogen-bond donors (Lipinski definition) is 2. The highest BCUT2D eigenvalue weighted by Crippen LogP contribution is 2.35. The number of amides is 5. The molecular weight excluding hydrogens is 436 g/mol. The van der Waals surface area contributed by atoms with Crippen LogP contribution in [0.4, 0.5) is 13.6 Å². The van der Waals surface area contributed by atoms with Gasteiger partial charge in [-0.3, -0.25) is 14.8 Å². The summed E-state index contributed by atoms with van der Waals surface area (Å²) in [6.45, 7) is 1.60. The maximum atomic E-state index is 14.0. The summed E-state index contributed by atoms with van der Waals surface area (Å²) < 4.78 is 26.9. The fraction of sp³-hybridized carbons (Fsp3) is 0.565. The average Bonchev–Trinajstić information content (AvgIpc) is 3.44. The van der Waals surface area contributed by atoms with E-state index in [1.165, 1.54) is 0 Å². The van der Waals surface area contributed by atoms with Crippen LogP contribution in [0, 0.1) is 23.5 Å². The Morgan fingerprint density at radius 1 is 1.21 bits per heavy atom. The number of likely N-dealkylation sites (tertiary alicyclic amines) is 1. The number of hydrogen-bond acceptors (Lipinski definition) is 5. The molecule has 5 amide bonds. The van der Waals surface area contributed by atoms with Gasteiger partial charge in [0.25, 0.3) is 5.91 Å². The Morgan fingerprint density at radius 2 is 1.91 bits per heavy atom. The smallest absolute Gasteiger partial charge is 0.286 e. The second-order valence-electron chi connectivity index (χ2n) is 9.12. The van der Waals surface area contributed by atoms with E-state index in [4.69, 9.17) is 0 Å². The monoisotopic (exact) mass is 466 g/mol. The lowest BCUT2D eigenvalue weighted by molar-refractivity contribution is -0.786. The van der Waals surface area contributed by atoms with Crippen molar-refractivity contribution in [2.24, 2.45) is 11.8 Å². The maximum absolute atomic E-state index is 14.0. The summed E-state index contributed by atoms with van der Waals surface area (Å²) in [6, 6.07) is 0.960. The van der Waals surface area contributed by atoms with Crippen molar-refractivity contribution >= 4 is 24.3 Å². The molecule has 0 radical (unpaired) electrons. The van der Waals surface area contributed by atoms with Gasteiger partial charge in [0.1, 0.15) is 17.7 Å². The summed E-state index contributed by atoms with van der Waals surface area (Å²) >= 11 is 0. The molecule has 1 aromatic carbocycles. The number of carbonyl (C=O) groups is 4. The SMILES string of the molecule is C[C@@H]1CCC[N+]1(C(=O)NC(=O)c1cc(F)ccc1F)C(=O)[C@H](CC1CCCC1)CN(O)C=O. The number of carbonyl (C=O) groups excluding carboxylic acids is 4. The van der Waals surface area contributed by atoms with Crippen LogP contribution in [0.15, 0.2) is 18.2 Å². The molecular formula is C23H30F2N3O5+. The molecule has 10 heteroatoms. The van der Waals surface area contributed by atoms with Crippen LogP contribution >= 0.6 is 0 Å². The fourth-order valence-corrected chi connectivity index (χ4v) is 5.24. The zero-order chi connectivity index (χ0) is 24.2. The molecule has 1 saturated heterocycles. The van der Waals surface area contributed by atoms with E-state index < -0.39 is 51.5 Å². The normalized spacial score (nSPS) is 23.8. The van der Waals surface area contributed by atoms with Crippen LogP contribution in [0.2, 0.25) is 0 Å². The number of hydroxylamine groups is 2. The summed E-state index contributed by atoms with van der Waals surface area (Å²) in [5.41, 5.74) is -0.634. The molecule has 1 saturated carbocycles. The van der Waals surface area contributed by atoms with E-state index in [9.17, 15) is 33.2 Å². The molecule has 8 nitrogen and oxygen atoms in total. The van der Waals surface area contributed by atoms with Gasteiger partial charge in [0.15, 0.2) is 0 Å². The first-order valence-electron chi connectivity index (χ1n) is 11.3. The minimum Gasteiger partial charge on any atom is -0.286 e. The molecule has 33 heavy (non-hydrogen) atoms. The Morgan fingerprint density at radius 3 is 2.52 bits per heavy atom. The number of nitrogens with one attached hydrogen (secondary N) is 1. The van der Waals surface area contributed by atoms with Gasteiger partial charge in [-0.05, 0) is 37.5 Å². The molecule has 180 valence electrons. The van der Waals surface area contributed by atoms with Gasteiger partial charge in [-0.1, -0.05) is 25.7 Å². The fourth-order valence-electron chi connectivity index (χ4n) is 5.24. The molecule has 2 N–H and O–H groups in total. The van der Waals surface area contributed by atoms with E-state index in [2.05, 4.69) is 5.32 Å². The molecule has 3 atom stereocenters. The number of benzene rings is 1. The lowest BCUT2D eigenvalue weighted by atomic mass is 9.91. The van der Waals surface area contributed by atoms with Crippen molar-refractivity contribution in [1.82, 2.24) is 10.4 Å². The second-order valence-corrected chi connectivity index (χ2v) is 9.12. The number of halogens is 2. The summed E-state index contributed by atoms with van der Waals surface area (Å²) in [6.07, 6.45) is 5.65. The van der Waals surface area contributed by atoms with Gasteiger partial charge in [0, 0.05) is 12.8 Å². The molecule has 1 aliphatic heterocycles. The molecule has 0 spiro atoms. The van der Waals surface area contributed by atoms with E-state index in [-0.39, 0.29) is 25.4 Å². The van der Waals surface area contributed by atoms with Gasteiger partial charge < -0.3 is 0 Å². The van der Waals surface area contributed by atoms with Gasteiger partial charge in [-0.15, -0.1) is 0 Å². The summed E-state index contributed by atoms with van der Waals surface area (Å²) in [4.78, 5) is 50.8. The predicted octanol–water partition coefficient (Wildman–Crippen LogP) is 3.38. The van der Waals surface area contributed by atoms with Crippen LogP contribution in [-0.4, -0.2) is 58.1 Å². The molecule has 1 aromatic rings. The lowest BCUT2D eigenvalue weighted by Gasteiger charge is -2.36. The van der Waals surface area contributed by atoms with Crippen molar-refractivity contribution in [3.8, 4) is 0 Å². The van der Waals surface area contributed by atoms with Gasteiger partial charge >= 0.3 is 11.9 Å². The van der Waals surface area contributed by atoms with Crippen LogP contribution in [0.3, 0.4) is 0 Å². The van der Waals surface area contributed by atoms with Crippen LogP contribution in [0.25, 0.3) is 0 Å². The molecule has 2 fully saturated rings. The van der Waals surface area contributed by atoms with Crippen LogP contribution in [0.5, 0.6) is 0 Å². The highest BCUT2D eigenvalue weighted by atomic mass is 19.1. The first-order chi connectivity index (χ1) is 15.7. The van der Waals surface area contributed by atoms with Crippen molar-refractivity contribution in [3.63, 3.8) is 0 Å². The number of quaternary nitrogens is 1. The van der Waals surface area contributed by atoms with Crippen molar-refractivity contribution in [3.05, 3.63) is 35.4 Å². The zero-order valence-corrected chi connectivity index (χ0v) is 18.6. The highest BCUT2D eigenvalue weighted by molar-refractivity contribution is 6.04. The third kappa shape index (κ3) is 5.27. The summed E-state index contributed by atoms with van der Waals surface area (Å²) in [5, 5.41) is 12.3. The quantitative estimate of drug-likeness (QED) is 0.278. The molecule has 1 aliphatic carbocycles. The van der Waals surface area contributed by atoms with E-state index in [1.807, 2.05) is 0 Å². The zero-order valence-electron chi connectivity index (χ0n) is 18.6. The maximum Gasteiger partial charge on any atom is 0.431 e. The number of urea groups is 1. The third-order valence-corrected chi connectivity index (χ3v) is 7.01. The minimum absolute atomic E-state index is 0.137. The number of nitrogens with zero attached hydrogens (tertiary/aromatic N) is 2. The largest absolute Gasteiger partial charge is 0.431 e. The molecule has 3 rings (SSSR count). The predicted molar refractivity (Wildman–Crippen MR) is 113 cm³/mol. The third-order valence-electron chi connectivity index (χ3n) is 7.01.